The monoisotopic (exact) mass is 218 g/mol. The first-order valence-electron chi connectivity index (χ1n) is 5.13. The third kappa shape index (κ3) is 3.34. The molecule has 0 saturated carbocycles. The van der Waals surface area contributed by atoms with Gasteiger partial charge in [-0.05, 0) is 27.8 Å². The fourth-order valence-electron chi connectivity index (χ4n) is 1.51. The number of halogens is 1. The molecular formula is C10H19FN2O2. The zero-order valence-corrected chi connectivity index (χ0v) is 9.71. The van der Waals surface area contributed by atoms with Crippen LogP contribution in [0.4, 0.5) is 9.18 Å². The molecule has 1 fully saturated rings. The number of alkyl halides is 1. The number of hydrogen-bond donors (Lipinski definition) is 1. The maximum absolute atomic E-state index is 13.3. The molecule has 88 valence electrons. The van der Waals surface area contributed by atoms with Crippen LogP contribution in [-0.4, -0.2) is 48.9 Å². The van der Waals surface area contributed by atoms with Crippen LogP contribution in [0.3, 0.4) is 0 Å². The quantitative estimate of drug-likeness (QED) is 0.718. The maximum atomic E-state index is 13.3. The summed E-state index contributed by atoms with van der Waals surface area (Å²) in [6, 6.07) is -0.280. The van der Waals surface area contributed by atoms with Crippen molar-refractivity contribution in [2.75, 3.05) is 20.1 Å². The van der Waals surface area contributed by atoms with Crippen molar-refractivity contribution in [3.8, 4) is 0 Å². The van der Waals surface area contributed by atoms with Crippen molar-refractivity contribution in [3.05, 3.63) is 0 Å². The Morgan fingerprint density at radius 1 is 1.47 bits per heavy atom. The zero-order chi connectivity index (χ0) is 11.6. The number of carbonyl (C=O) groups is 1. The molecular weight excluding hydrogens is 199 g/mol. The third-order valence-corrected chi connectivity index (χ3v) is 2.27. The number of carbonyl (C=O) groups excluding carboxylic acids is 1. The van der Waals surface area contributed by atoms with Gasteiger partial charge in [-0.25, -0.2) is 9.18 Å². The molecule has 0 radical (unpaired) electrons. The average molecular weight is 218 g/mol. The Morgan fingerprint density at radius 3 is 2.47 bits per heavy atom. The predicted octanol–water partition coefficient (Wildman–Crippen LogP) is 1.16. The van der Waals surface area contributed by atoms with Gasteiger partial charge in [0.25, 0.3) is 0 Å². The number of likely N-dealkylation sites (tertiary alicyclic amines) is 1. The second-order valence-electron chi connectivity index (χ2n) is 4.80. The van der Waals surface area contributed by atoms with Gasteiger partial charge in [0.05, 0.1) is 12.6 Å². The molecule has 1 saturated heterocycles. The minimum atomic E-state index is -1.01. The first kappa shape index (κ1) is 12.2. The smallest absolute Gasteiger partial charge is 0.410 e. The molecule has 0 aromatic rings. The van der Waals surface area contributed by atoms with E-state index in [0.717, 1.165) is 0 Å². The van der Waals surface area contributed by atoms with Crippen molar-refractivity contribution >= 4 is 6.09 Å². The Balaban J connectivity index is 2.50. The van der Waals surface area contributed by atoms with E-state index in [2.05, 4.69) is 5.32 Å². The number of likely N-dealkylation sites (N-methyl/N-ethyl adjacent to an activating group) is 1. The summed E-state index contributed by atoms with van der Waals surface area (Å²) in [4.78, 5) is 13.0. The van der Waals surface area contributed by atoms with Crippen molar-refractivity contribution in [2.45, 2.75) is 38.6 Å². The molecule has 0 bridgehead atoms. The fraction of sp³-hybridized carbons (Fsp3) is 0.900. The normalized spacial score (nSPS) is 26.9. The first-order chi connectivity index (χ1) is 6.83. The van der Waals surface area contributed by atoms with Crippen LogP contribution < -0.4 is 5.32 Å². The molecule has 0 unspecified atom stereocenters. The van der Waals surface area contributed by atoms with E-state index in [0.29, 0.717) is 6.54 Å². The Bertz CT molecular complexity index is 240. The van der Waals surface area contributed by atoms with Gasteiger partial charge in [0, 0.05) is 6.54 Å². The summed E-state index contributed by atoms with van der Waals surface area (Å²) in [6.45, 7) is 5.86. The molecule has 5 heteroatoms. The van der Waals surface area contributed by atoms with Gasteiger partial charge < -0.3 is 15.0 Å². The van der Waals surface area contributed by atoms with Crippen LogP contribution in [-0.2, 0) is 4.74 Å². The molecule has 15 heavy (non-hydrogen) atoms. The molecule has 1 aliphatic rings. The summed E-state index contributed by atoms with van der Waals surface area (Å²) in [5.74, 6) is 0. The van der Waals surface area contributed by atoms with Gasteiger partial charge >= 0.3 is 6.09 Å². The highest BCUT2D eigenvalue weighted by molar-refractivity contribution is 5.68. The third-order valence-electron chi connectivity index (χ3n) is 2.27. The second kappa shape index (κ2) is 4.35. The Kier molecular flexibility index (Phi) is 3.54. The standard InChI is InChI=1S/C10H19FN2O2/c1-10(2,3)15-9(14)13-5-7(11)8(6-13)12-4/h7-8,12H,5-6H2,1-4H3/t7-,8-/m1/s1. The van der Waals surface area contributed by atoms with Crippen molar-refractivity contribution in [1.29, 1.82) is 0 Å². The van der Waals surface area contributed by atoms with Gasteiger partial charge in [-0.2, -0.15) is 0 Å². The maximum Gasteiger partial charge on any atom is 0.410 e. The SMILES string of the molecule is CN[C@@H]1CN(C(=O)OC(C)(C)C)C[C@H]1F. The van der Waals surface area contributed by atoms with Crippen LogP contribution in [0.15, 0.2) is 0 Å². The van der Waals surface area contributed by atoms with E-state index < -0.39 is 17.9 Å². The summed E-state index contributed by atoms with van der Waals surface area (Å²) in [7, 11) is 1.69. The van der Waals surface area contributed by atoms with E-state index in [1.54, 1.807) is 27.8 Å². The molecule has 0 aromatic heterocycles. The molecule has 4 nitrogen and oxygen atoms in total. The van der Waals surface area contributed by atoms with Crippen LogP contribution in [0.5, 0.6) is 0 Å². The largest absolute Gasteiger partial charge is 0.444 e. The summed E-state index contributed by atoms with van der Waals surface area (Å²) in [5, 5.41) is 2.84. The van der Waals surface area contributed by atoms with Gasteiger partial charge in [-0.3, -0.25) is 0 Å². The van der Waals surface area contributed by atoms with Crippen molar-refractivity contribution in [3.63, 3.8) is 0 Å². The molecule has 1 N–H and O–H groups in total. The summed E-state index contributed by atoms with van der Waals surface area (Å²) >= 11 is 0. The van der Waals surface area contributed by atoms with Gasteiger partial charge in [0.15, 0.2) is 0 Å². The van der Waals surface area contributed by atoms with Gasteiger partial charge in [-0.1, -0.05) is 0 Å². The van der Waals surface area contributed by atoms with E-state index >= 15 is 0 Å². The lowest BCUT2D eigenvalue weighted by Gasteiger charge is -2.24. The number of rotatable bonds is 1. The van der Waals surface area contributed by atoms with Crippen LogP contribution in [0.25, 0.3) is 0 Å². The Labute approximate surface area is 89.8 Å². The van der Waals surface area contributed by atoms with E-state index in [9.17, 15) is 9.18 Å². The van der Waals surface area contributed by atoms with Gasteiger partial charge in [0.1, 0.15) is 11.8 Å². The first-order valence-corrected chi connectivity index (χ1v) is 5.13. The minimum Gasteiger partial charge on any atom is -0.444 e. The van der Waals surface area contributed by atoms with Crippen molar-refractivity contribution < 1.29 is 13.9 Å². The Hall–Kier alpha value is -0.840. The lowest BCUT2D eigenvalue weighted by Crippen LogP contribution is -2.37. The number of ether oxygens (including phenoxy) is 1. The van der Waals surface area contributed by atoms with E-state index in [-0.39, 0.29) is 12.6 Å². The van der Waals surface area contributed by atoms with E-state index in [1.807, 2.05) is 0 Å². The number of hydrogen-bond acceptors (Lipinski definition) is 3. The second-order valence-corrected chi connectivity index (χ2v) is 4.80. The lowest BCUT2D eigenvalue weighted by molar-refractivity contribution is 0.0282. The average Bonchev–Trinajstić information content (AvgIpc) is 2.43. The summed E-state index contributed by atoms with van der Waals surface area (Å²) < 4.78 is 18.5. The van der Waals surface area contributed by atoms with Crippen LogP contribution in [0.2, 0.25) is 0 Å². The van der Waals surface area contributed by atoms with E-state index in [1.165, 1.54) is 4.90 Å². The molecule has 1 heterocycles. The highest BCUT2D eigenvalue weighted by Gasteiger charge is 2.36. The zero-order valence-electron chi connectivity index (χ0n) is 9.71. The minimum absolute atomic E-state index is 0.112. The molecule has 0 aromatic carbocycles. The summed E-state index contributed by atoms with van der Waals surface area (Å²) in [6.07, 6.45) is -1.45. The van der Waals surface area contributed by atoms with Crippen LogP contribution in [0, 0.1) is 0 Å². The fourth-order valence-corrected chi connectivity index (χ4v) is 1.51. The highest BCUT2D eigenvalue weighted by Crippen LogP contribution is 2.17. The number of nitrogens with zero attached hydrogens (tertiary/aromatic N) is 1. The lowest BCUT2D eigenvalue weighted by atomic mass is 10.2. The van der Waals surface area contributed by atoms with Crippen molar-refractivity contribution in [2.24, 2.45) is 0 Å². The molecule has 0 spiro atoms. The van der Waals surface area contributed by atoms with Crippen LogP contribution in [0.1, 0.15) is 20.8 Å². The molecule has 1 aliphatic heterocycles. The topological polar surface area (TPSA) is 41.6 Å². The Morgan fingerprint density at radius 2 is 2.07 bits per heavy atom. The predicted molar refractivity (Wildman–Crippen MR) is 55.6 cm³/mol. The summed E-state index contributed by atoms with van der Waals surface area (Å²) in [5.41, 5.74) is -0.527. The van der Waals surface area contributed by atoms with Crippen LogP contribution >= 0.6 is 0 Å². The van der Waals surface area contributed by atoms with Crippen molar-refractivity contribution in [1.82, 2.24) is 10.2 Å². The number of nitrogens with one attached hydrogen (secondary N) is 1. The molecule has 1 amide bonds. The molecule has 1 rings (SSSR count). The highest BCUT2D eigenvalue weighted by atomic mass is 19.1. The molecule has 2 atom stereocenters. The number of amides is 1. The van der Waals surface area contributed by atoms with Gasteiger partial charge in [-0.15, -0.1) is 0 Å². The molecule has 0 aliphatic carbocycles. The van der Waals surface area contributed by atoms with E-state index in [4.69, 9.17) is 4.74 Å². The van der Waals surface area contributed by atoms with Gasteiger partial charge in [0.2, 0.25) is 0 Å².